The summed E-state index contributed by atoms with van der Waals surface area (Å²) in [7, 11) is 0. The number of halogens is 3. The third-order valence-corrected chi connectivity index (χ3v) is 2.60. The first kappa shape index (κ1) is 15.1. The summed E-state index contributed by atoms with van der Waals surface area (Å²) in [4.78, 5) is 4.95. The summed E-state index contributed by atoms with van der Waals surface area (Å²) in [5.74, 6) is 0. The number of nitrogens with zero attached hydrogens (tertiary/aromatic N) is 3. The Balaban J connectivity index is 3.19. The number of nitrogen functional groups attached to an aromatic ring is 1. The maximum Gasteiger partial charge on any atom is 0.433 e. The number of alkyl halides is 3. The molecule has 0 saturated carbocycles. The molecule has 1 aromatic rings. The summed E-state index contributed by atoms with van der Waals surface area (Å²) in [6.07, 6.45) is -3.30. The van der Waals surface area contributed by atoms with Crippen LogP contribution in [0.2, 0.25) is 0 Å². The first-order valence-electron chi connectivity index (χ1n) is 5.73. The van der Waals surface area contributed by atoms with Gasteiger partial charge in [-0.05, 0) is 19.9 Å². The third kappa shape index (κ3) is 3.74. The van der Waals surface area contributed by atoms with Crippen LogP contribution in [0.5, 0.6) is 0 Å². The molecule has 0 fully saturated rings. The van der Waals surface area contributed by atoms with Crippen LogP contribution >= 0.6 is 0 Å². The number of hydrogen-bond acceptors (Lipinski definition) is 4. The van der Waals surface area contributed by atoms with E-state index in [0.717, 1.165) is 12.3 Å². The minimum atomic E-state index is -4.51. The van der Waals surface area contributed by atoms with Gasteiger partial charge < -0.3 is 10.6 Å². The average molecular weight is 272 g/mol. The van der Waals surface area contributed by atoms with Gasteiger partial charge in [-0.1, -0.05) is 0 Å². The second-order valence-electron chi connectivity index (χ2n) is 4.32. The second kappa shape index (κ2) is 5.78. The predicted molar refractivity (Wildman–Crippen MR) is 66.4 cm³/mol. The zero-order valence-corrected chi connectivity index (χ0v) is 10.7. The maximum atomic E-state index is 12.6. The lowest BCUT2D eigenvalue weighted by atomic mass is 10.2. The van der Waals surface area contributed by atoms with Crippen LogP contribution in [-0.2, 0) is 6.18 Å². The molecule has 0 aliphatic heterocycles. The molecule has 0 radical (unpaired) electrons. The molecule has 0 aliphatic carbocycles. The number of rotatable bonds is 4. The van der Waals surface area contributed by atoms with Crippen molar-refractivity contribution in [2.45, 2.75) is 32.5 Å². The van der Waals surface area contributed by atoms with Gasteiger partial charge in [0.15, 0.2) is 0 Å². The van der Waals surface area contributed by atoms with E-state index in [1.54, 1.807) is 4.90 Å². The van der Waals surface area contributed by atoms with E-state index >= 15 is 0 Å². The lowest BCUT2D eigenvalue weighted by Gasteiger charge is -2.29. The van der Waals surface area contributed by atoms with Gasteiger partial charge in [0.2, 0.25) is 0 Å². The normalized spacial score (nSPS) is 11.4. The summed E-state index contributed by atoms with van der Waals surface area (Å²) in [6, 6.07) is 2.82. The summed E-state index contributed by atoms with van der Waals surface area (Å²) in [5, 5.41) is 8.60. The standard InChI is InChI=1S/C12H15F3N4/c1-8(2)19(5-3-4-16)10-6-11(12(13,14)15)18-7-9(10)17/h6-8H,3,5,17H2,1-2H3. The summed E-state index contributed by atoms with van der Waals surface area (Å²) >= 11 is 0. The summed E-state index contributed by atoms with van der Waals surface area (Å²) < 4.78 is 37.9. The molecule has 1 aromatic heterocycles. The Kier molecular flexibility index (Phi) is 4.59. The molecule has 0 aromatic carbocycles. The van der Waals surface area contributed by atoms with Crippen molar-refractivity contribution in [1.82, 2.24) is 4.98 Å². The Labute approximate surface area is 109 Å². The van der Waals surface area contributed by atoms with E-state index in [4.69, 9.17) is 11.0 Å². The van der Waals surface area contributed by atoms with Crippen LogP contribution in [0.3, 0.4) is 0 Å². The Morgan fingerprint density at radius 2 is 2.11 bits per heavy atom. The van der Waals surface area contributed by atoms with Crippen molar-refractivity contribution in [3.05, 3.63) is 18.0 Å². The van der Waals surface area contributed by atoms with Crippen molar-refractivity contribution in [3.63, 3.8) is 0 Å². The zero-order chi connectivity index (χ0) is 14.6. The topological polar surface area (TPSA) is 65.9 Å². The Morgan fingerprint density at radius 3 is 2.58 bits per heavy atom. The van der Waals surface area contributed by atoms with Crippen LogP contribution in [0, 0.1) is 11.3 Å². The molecule has 0 atom stereocenters. The van der Waals surface area contributed by atoms with E-state index < -0.39 is 11.9 Å². The fourth-order valence-electron chi connectivity index (χ4n) is 1.69. The minimum Gasteiger partial charge on any atom is -0.396 e. The molecule has 2 N–H and O–H groups in total. The SMILES string of the molecule is CC(C)N(CCC#N)c1cc(C(F)(F)F)ncc1N. The Morgan fingerprint density at radius 1 is 1.47 bits per heavy atom. The summed E-state index contributed by atoms with van der Waals surface area (Å²) in [6.45, 7) is 3.97. The molecule has 4 nitrogen and oxygen atoms in total. The molecular weight excluding hydrogens is 257 g/mol. The number of pyridine rings is 1. The number of hydrogen-bond donors (Lipinski definition) is 1. The third-order valence-electron chi connectivity index (χ3n) is 2.60. The lowest BCUT2D eigenvalue weighted by molar-refractivity contribution is -0.141. The molecular formula is C12H15F3N4. The number of anilines is 2. The second-order valence-corrected chi connectivity index (χ2v) is 4.32. The van der Waals surface area contributed by atoms with Crippen LogP contribution in [0.4, 0.5) is 24.5 Å². The van der Waals surface area contributed by atoms with Crippen molar-refractivity contribution < 1.29 is 13.2 Å². The molecule has 0 bridgehead atoms. The number of nitriles is 1. The summed E-state index contributed by atoms with van der Waals surface area (Å²) in [5.41, 5.74) is 5.13. The lowest BCUT2D eigenvalue weighted by Crippen LogP contribution is -2.32. The monoisotopic (exact) mass is 272 g/mol. The maximum absolute atomic E-state index is 12.6. The van der Waals surface area contributed by atoms with Gasteiger partial charge in [0.1, 0.15) is 5.69 Å². The van der Waals surface area contributed by atoms with Crippen LogP contribution in [0.15, 0.2) is 12.3 Å². The van der Waals surface area contributed by atoms with Gasteiger partial charge in [-0.15, -0.1) is 0 Å². The number of aromatic nitrogens is 1. The molecule has 0 amide bonds. The van der Waals surface area contributed by atoms with E-state index in [2.05, 4.69) is 4.98 Å². The molecule has 0 aliphatic rings. The van der Waals surface area contributed by atoms with Gasteiger partial charge in [0.05, 0.1) is 30.1 Å². The highest BCUT2D eigenvalue weighted by atomic mass is 19.4. The van der Waals surface area contributed by atoms with Gasteiger partial charge >= 0.3 is 6.18 Å². The minimum absolute atomic E-state index is 0.0702. The van der Waals surface area contributed by atoms with Gasteiger partial charge in [-0.3, -0.25) is 0 Å². The van der Waals surface area contributed by atoms with Crippen LogP contribution in [0.1, 0.15) is 26.0 Å². The van der Waals surface area contributed by atoms with Crippen LogP contribution in [0.25, 0.3) is 0 Å². The van der Waals surface area contributed by atoms with Crippen LogP contribution in [-0.4, -0.2) is 17.6 Å². The highest BCUT2D eigenvalue weighted by Crippen LogP contribution is 2.33. The molecule has 104 valence electrons. The molecule has 19 heavy (non-hydrogen) atoms. The van der Waals surface area contributed by atoms with Crippen molar-refractivity contribution in [1.29, 1.82) is 5.26 Å². The smallest absolute Gasteiger partial charge is 0.396 e. The first-order chi connectivity index (χ1) is 8.77. The molecule has 0 spiro atoms. The zero-order valence-electron chi connectivity index (χ0n) is 10.7. The van der Waals surface area contributed by atoms with Gasteiger partial charge in [-0.2, -0.15) is 18.4 Å². The van der Waals surface area contributed by atoms with Crippen molar-refractivity contribution in [2.24, 2.45) is 0 Å². The number of nitrogens with two attached hydrogens (primary N) is 1. The van der Waals surface area contributed by atoms with Gasteiger partial charge in [0, 0.05) is 12.6 Å². The van der Waals surface area contributed by atoms with E-state index in [0.29, 0.717) is 6.54 Å². The van der Waals surface area contributed by atoms with Gasteiger partial charge in [0.25, 0.3) is 0 Å². The van der Waals surface area contributed by atoms with Crippen molar-refractivity contribution >= 4 is 11.4 Å². The highest BCUT2D eigenvalue weighted by Gasteiger charge is 2.33. The average Bonchev–Trinajstić information content (AvgIpc) is 2.29. The van der Waals surface area contributed by atoms with Crippen LogP contribution < -0.4 is 10.6 Å². The predicted octanol–water partition coefficient (Wildman–Crippen LogP) is 2.81. The van der Waals surface area contributed by atoms with Gasteiger partial charge in [-0.25, -0.2) is 4.98 Å². The fourth-order valence-corrected chi connectivity index (χ4v) is 1.69. The highest BCUT2D eigenvalue weighted by molar-refractivity contribution is 5.67. The Bertz CT molecular complexity index is 477. The van der Waals surface area contributed by atoms with E-state index in [1.165, 1.54) is 0 Å². The van der Waals surface area contributed by atoms with Crippen molar-refractivity contribution in [2.75, 3.05) is 17.2 Å². The van der Waals surface area contributed by atoms with Crippen molar-refractivity contribution in [3.8, 4) is 6.07 Å². The first-order valence-corrected chi connectivity index (χ1v) is 5.73. The Hall–Kier alpha value is -1.97. The largest absolute Gasteiger partial charge is 0.433 e. The molecule has 0 saturated heterocycles. The van der Waals surface area contributed by atoms with E-state index in [9.17, 15) is 13.2 Å². The molecule has 0 unspecified atom stereocenters. The van der Waals surface area contributed by atoms with E-state index in [1.807, 2.05) is 19.9 Å². The quantitative estimate of drug-likeness (QED) is 0.915. The molecule has 7 heteroatoms. The molecule has 1 rings (SSSR count). The molecule has 1 heterocycles. The van der Waals surface area contributed by atoms with E-state index in [-0.39, 0.29) is 23.8 Å². The fraction of sp³-hybridized carbons (Fsp3) is 0.500.